The van der Waals surface area contributed by atoms with Crippen LogP contribution in [0.25, 0.3) is 11.2 Å². The normalized spacial score (nSPS) is 12.6. The molecule has 0 saturated heterocycles. The molecule has 2 aromatic heterocycles. The van der Waals surface area contributed by atoms with Gasteiger partial charge in [-0.05, 0) is 18.6 Å². The quantitative estimate of drug-likeness (QED) is 0.810. The van der Waals surface area contributed by atoms with Crippen molar-refractivity contribution in [3.63, 3.8) is 0 Å². The van der Waals surface area contributed by atoms with Gasteiger partial charge in [-0.2, -0.15) is 8.78 Å². The third-order valence-electron chi connectivity index (χ3n) is 2.19. The second-order valence-corrected chi connectivity index (χ2v) is 3.34. The summed E-state index contributed by atoms with van der Waals surface area (Å²) in [5, 5.41) is 0. The lowest BCUT2D eigenvalue weighted by molar-refractivity contribution is -0.140. The van der Waals surface area contributed by atoms with Crippen LogP contribution in [0.1, 0.15) is 11.4 Å². The molecule has 0 aromatic carbocycles. The Morgan fingerprint density at radius 2 is 2.06 bits per heavy atom. The molecule has 3 nitrogen and oxygen atoms in total. The van der Waals surface area contributed by atoms with E-state index in [0.29, 0.717) is 5.56 Å². The molecule has 0 amide bonds. The van der Waals surface area contributed by atoms with Crippen molar-refractivity contribution in [2.24, 2.45) is 0 Å². The van der Waals surface area contributed by atoms with Crippen molar-refractivity contribution in [3.05, 3.63) is 23.7 Å². The molecule has 0 saturated carbocycles. The molecule has 0 aliphatic rings. The van der Waals surface area contributed by atoms with Crippen LogP contribution in [0.2, 0.25) is 0 Å². The molecule has 0 unspecified atom stereocenters. The number of H-pyrrole nitrogens is 1. The number of aromatic nitrogens is 3. The summed E-state index contributed by atoms with van der Waals surface area (Å²) in [4.78, 5) is 9.27. The molecule has 0 aliphatic carbocycles. The van der Waals surface area contributed by atoms with E-state index in [9.17, 15) is 17.6 Å². The molecule has 0 atom stereocenters. The third kappa shape index (κ3) is 1.52. The maximum atomic E-state index is 13.0. The lowest BCUT2D eigenvalue weighted by Gasteiger charge is -2.11. The molecule has 7 heteroatoms. The van der Waals surface area contributed by atoms with Crippen molar-refractivity contribution in [1.29, 1.82) is 0 Å². The number of fused-ring (bicyclic) bond motifs is 1. The molecule has 1 N–H and O–H groups in total. The van der Waals surface area contributed by atoms with Gasteiger partial charge in [-0.1, -0.05) is 0 Å². The fourth-order valence-electron chi connectivity index (χ4n) is 1.30. The molecule has 0 fully saturated rings. The molecule has 0 radical (unpaired) electrons. The number of pyridine rings is 1. The average molecular weight is 233 g/mol. The first-order valence-electron chi connectivity index (χ1n) is 4.40. The number of hydrogen-bond donors (Lipinski definition) is 1. The topological polar surface area (TPSA) is 41.6 Å². The Bertz CT molecular complexity index is 520. The summed E-state index contributed by atoms with van der Waals surface area (Å²) >= 11 is 0. The van der Waals surface area contributed by atoms with Crippen molar-refractivity contribution < 1.29 is 17.6 Å². The summed E-state index contributed by atoms with van der Waals surface area (Å²) in [5.74, 6) is -5.34. The second kappa shape index (κ2) is 3.43. The largest absolute Gasteiger partial charge is 0.363 e. The Balaban J connectivity index is 2.60. The van der Waals surface area contributed by atoms with Gasteiger partial charge in [0.1, 0.15) is 0 Å². The van der Waals surface area contributed by atoms with Gasteiger partial charge in [-0.25, -0.2) is 18.7 Å². The summed E-state index contributed by atoms with van der Waals surface area (Å²) in [6.45, 7) is 1.65. The highest BCUT2D eigenvalue weighted by Crippen LogP contribution is 2.33. The van der Waals surface area contributed by atoms with Crippen molar-refractivity contribution in [3.8, 4) is 0 Å². The number of hydrogen-bond acceptors (Lipinski definition) is 2. The lowest BCUT2D eigenvalue weighted by atomic mass is 10.3. The van der Waals surface area contributed by atoms with E-state index in [1.165, 1.54) is 6.20 Å². The van der Waals surface area contributed by atoms with Crippen LogP contribution in [0.4, 0.5) is 17.6 Å². The number of imidazole rings is 1. The summed E-state index contributed by atoms with van der Waals surface area (Å²) < 4.78 is 50.1. The molecule has 2 heterocycles. The minimum Gasteiger partial charge on any atom is -0.335 e. The monoisotopic (exact) mass is 233 g/mol. The van der Waals surface area contributed by atoms with Crippen LogP contribution < -0.4 is 0 Å². The molecule has 0 spiro atoms. The lowest BCUT2D eigenvalue weighted by Crippen LogP contribution is -2.25. The first kappa shape index (κ1) is 10.8. The van der Waals surface area contributed by atoms with Crippen molar-refractivity contribution in [1.82, 2.24) is 15.0 Å². The van der Waals surface area contributed by atoms with E-state index in [1.54, 1.807) is 13.0 Å². The minimum atomic E-state index is -4.28. The van der Waals surface area contributed by atoms with E-state index in [2.05, 4.69) is 15.0 Å². The van der Waals surface area contributed by atoms with Gasteiger partial charge in [0.2, 0.25) is 0 Å². The van der Waals surface area contributed by atoms with Gasteiger partial charge in [0, 0.05) is 6.20 Å². The van der Waals surface area contributed by atoms with Crippen LogP contribution in [0, 0.1) is 6.92 Å². The molecule has 0 aliphatic heterocycles. The fraction of sp³-hybridized carbons (Fsp3) is 0.333. The zero-order valence-corrected chi connectivity index (χ0v) is 8.14. The van der Waals surface area contributed by atoms with Crippen LogP contribution in [0.15, 0.2) is 12.3 Å². The van der Waals surface area contributed by atoms with Crippen LogP contribution in [-0.2, 0) is 5.92 Å². The van der Waals surface area contributed by atoms with E-state index >= 15 is 0 Å². The van der Waals surface area contributed by atoms with Gasteiger partial charge < -0.3 is 4.98 Å². The summed E-state index contributed by atoms with van der Waals surface area (Å²) in [6.07, 6.45) is -2.42. The predicted molar refractivity (Wildman–Crippen MR) is 48.5 cm³/mol. The molecule has 16 heavy (non-hydrogen) atoms. The number of nitrogens with zero attached hydrogens (tertiary/aromatic N) is 2. The Morgan fingerprint density at radius 3 is 2.62 bits per heavy atom. The van der Waals surface area contributed by atoms with E-state index in [4.69, 9.17) is 0 Å². The average Bonchev–Trinajstić information content (AvgIpc) is 2.63. The van der Waals surface area contributed by atoms with Gasteiger partial charge in [0.25, 0.3) is 0 Å². The van der Waals surface area contributed by atoms with Crippen molar-refractivity contribution in [2.45, 2.75) is 19.3 Å². The van der Waals surface area contributed by atoms with Crippen LogP contribution in [-0.4, -0.2) is 21.4 Å². The highest BCUT2D eigenvalue weighted by Gasteiger charge is 2.46. The highest BCUT2D eigenvalue weighted by atomic mass is 19.3. The van der Waals surface area contributed by atoms with Crippen molar-refractivity contribution in [2.75, 3.05) is 0 Å². The molecule has 0 bridgehead atoms. The van der Waals surface area contributed by atoms with Crippen LogP contribution in [0.3, 0.4) is 0 Å². The fourth-order valence-corrected chi connectivity index (χ4v) is 1.30. The Labute approximate surface area is 87.5 Å². The highest BCUT2D eigenvalue weighted by molar-refractivity contribution is 5.74. The number of halogens is 4. The number of aryl methyl sites for hydroxylation is 1. The standard InChI is InChI=1S/C9H7F4N3/c1-4-2-3-14-6-5(4)15-8(16-6)9(12,13)7(10)11/h2-3,7H,1H3,(H,14,15,16). The molecular formula is C9H7F4N3. The van der Waals surface area contributed by atoms with Gasteiger partial charge in [0.15, 0.2) is 11.5 Å². The smallest absolute Gasteiger partial charge is 0.335 e. The number of alkyl halides is 4. The van der Waals surface area contributed by atoms with Crippen molar-refractivity contribution >= 4 is 11.2 Å². The summed E-state index contributed by atoms with van der Waals surface area (Å²) in [7, 11) is 0. The maximum absolute atomic E-state index is 13.0. The first-order valence-corrected chi connectivity index (χ1v) is 4.40. The Morgan fingerprint density at radius 1 is 1.38 bits per heavy atom. The van der Waals surface area contributed by atoms with E-state index in [-0.39, 0.29) is 11.2 Å². The van der Waals surface area contributed by atoms with Gasteiger partial charge in [-0.3, -0.25) is 0 Å². The van der Waals surface area contributed by atoms with Gasteiger partial charge >= 0.3 is 12.3 Å². The van der Waals surface area contributed by atoms with Gasteiger partial charge in [-0.15, -0.1) is 0 Å². The molecule has 2 rings (SSSR count). The minimum absolute atomic E-state index is 0.00956. The molecule has 86 valence electrons. The van der Waals surface area contributed by atoms with E-state index in [1.807, 2.05) is 0 Å². The number of nitrogens with one attached hydrogen (secondary N) is 1. The second-order valence-electron chi connectivity index (χ2n) is 3.34. The number of aromatic amines is 1. The zero-order chi connectivity index (χ0) is 11.9. The van der Waals surface area contributed by atoms with Crippen LogP contribution in [0.5, 0.6) is 0 Å². The zero-order valence-electron chi connectivity index (χ0n) is 8.14. The summed E-state index contributed by atoms with van der Waals surface area (Å²) in [5.41, 5.74) is 0.877. The Kier molecular flexibility index (Phi) is 2.32. The third-order valence-corrected chi connectivity index (χ3v) is 2.19. The molecule has 2 aromatic rings. The Hall–Kier alpha value is -1.66. The first-order chi connectivity index (χ1) is 7.43. The van der Waals surface area contributed by atoms with Crippen LogP contribution >= 0.6 is 0 Å². The SMILES string of the molecule is Cc1ccnc2nc(C(F)(F)C(F)F)[nH]c12. The number of rotatable bonds is 2. The maximum Gasteiger partial charge on any atom is 0.363 e. The summed E-state index contributed by atoms with van der Waals surface area (Å²) in [6, 6.07) is 1.57. The van der Waals surface area contributed by atoms with E-state index < -0.39 is 18.2 Å². The van der Waals surface area contributed by atoms with E-state index in [0.717, 1.165) is 0 Å². The predicted octanol–water partition coefficient (Wildman–Crippen LogP) is 2.62. The van der Waals surface area contributed by atoms with Gasteiger partial charge in [0.05, 0.1) is 5.52 Å². The molecular weight excluding hydrogens is 226 g/mol.